The molecule has 0 aliphatic carbocycles. The topological polar surface area (TPSA) is 42.4 Å². The first-order chi connectivity index (χ1) is 14.0. The van der Waals surface area contributed by atoms with Crippen molar-refractivity contribution in [2.75, 3.05) is 18.1 Å². The van der Waals surface area contributed by atoms with E-state index in [-0.39, 0.29) is 12.0 Å². The van der Waals surface area contributed by atoms with Crippen LogP contribution in [0.25, 0.3) is 10.2 Å². The van der Waals surface area contributed by atoms with Gasteiger partial charge < -0.3 is 4.74 Å². The van der Waals surface area contributed by atoms with Gasteiger partial charge in [0.15, 0.2) is 5.13 Å². The summed E-state index contributed by atoms with van der Waals surface area (Å²) < 4.78 is 6.82. The lowest BCUT2D eigenvalue weighted by Gasteiger charge is -2.23. The van der Waals surface area contributed by atoms with E-state index in [1.807, 2.05) is 36.1 Å². The van der Waals surface area contributed by atoms with Gasteiger partial charge in [-0.3, -0.25) is 9.69 Å². The highest BCUT2D eigenvalue weighted by Crippen LogP contribution is 2.34. The molecule has 4 nitrogen and oxygen atoms in total. The van der Waals surface area contributed by atoms with Crippen molar-refractivity contribution in [2.24, 2.45) is 0 Å². The molecule has 1 atom stereocenters. The first kappa shape index (κ1) is 20.3. The SMILES string of the molecule is CCc1ccc(CC(=O)N(CC2CCCO2)c2nc3c(C)cc(Cl)cc3s2)cc1. The van der Waals surface area contributed by atoms with Crippen molar-refractivity contribution in [2.45, 2.75) is 45.6 Å². The number of anilines is 1. The molecule has 0 bridgehead atoms. The molecule has 1 aromatic heterocycles. The molecular weight excluding hydrogens is 404 g/mol. The number of rotatable bonds is 6. The van der Waals surface area contributed by atoms with Crippen LogP contribution in [0.5, 0.6) is 0 Å². The summed E-state index contributed by atoms with van der Waals surface area (Å²) in [6.07, 6.45) is 3.43. The fraction of sp³-hybridized carbons (Fsp3) is 0.391. The summed E-state index contributed by atoms with van der Waals surface area (Å²) in [5.74, 6) is 0.0487. The van der Waals surface area contributed by atoms with Crippen molar-refractivity contribution in [1.29, 1.82) is 0 Å². The highest BCUT2D eigenvalue weighted by molar-refractivity contribution is 7.22. The minimum absolute atomic E-state index is 0.0487. The second-order valence-corrected chi connectivity index (χ2v) is 9.00. The Balaban J connectivity index is 1.63. The van der Waals surface area contributed by atoms with Gasteiger partial charge in [0, 0.05) is 11.6 Å². The highest BCUT2D eigenvalue weighted by Gasteiger charge is 2.26. The van der Waals surface area contributed by atoms with Crippen LogP contribution in [0.2, 0.25) is 5.02 Å². The number of benzene rings is 2. The first-order valence-electron chi connectivity index (χ1n) is 10.1. The molecule has 29 heavy (non-hydrogen) atoms. The maximum absolute atomic E-state index is 13.3. The smallest absolute Gasteiger partial charge is 0.233 e. The lowest BCUT2D eigenvalue weighted by molar-refractivity contribution is -0.118. The number of aromatic nitrogens is 1. The van der Waals surface area contributed by atoms with Gasteiger partial charge >= 0.3 is 0 Å². The fourth-order valence-electron chi connectivity index (χ4n) is 3.70. The van der Waals surface area contributed by atoms with Crippen LogP contribution in [-0.4, -0.2) is 30.1 Å². The van der Waals surface area contributed by atoms with Gasteiger partial charge in [-0.15, -0.1) is 0 Å². The van der Waals surface area contributed by atoms with E-state index in [9.17, 15) is 4.79 Å². The highest BCUT2D eigenvalue weighted by atomic mass is 35.5. The second-order valence-electron chi connectivity index (χ2n) is 7.55. The Morgan fingerprint density at radius 1 is 1.28 bits per heavy atom. The van der Waals surface area contributed by atoms with E-state index >= 15 is 0 Å². The zero-order valence-corrected chi connectivity index (χ0v) is 18.4. The number of carbonyl (C=O) groups excluding carboxylic acids is 1. The van der Waals surface area contributed by atoms with Gasteiger partial charge in [-0.2, -0.15) is 0 Å². The normalized spacial score (nSPS) is 16.4. The molecule has 1 aliphatic heterocycles. The molecule has 0 saturated carbocycles. The molecule has 2 heterocycles. The molecule has 1 unspecified atom stereocenters. The Morgan fingerprint density at radius 2 is 2.03 bits per heavy atom. The average Bonchev–Trinajstić information content (AvgIpc) is 3.36. The van der Waals surface area contributed by atoms with Crippen molar-refractivity contribution >= 4 is 44.2 Å². The fourth-order valence-corrected chi connectivity index (χ4v) is 5.15. The summed E-state index contributed by atoms with van der Waals surface area (Å²) in [4.78, 5) is 19.9. The number of amides is 1. The monoisotopic (exact) mass is 428 g/mol. The molecule has 4 rings (SSSR count). The van der Waals surface area contributed by atoms with Crippen LogP contribution < -0.4 is 4.90 Å². The van der Waals surface area contributed by atoms with E-state index < -0.39 is 0 Å². The van der Waals surface area contributed by atoms with Gasteiger partial charge in [-0.1, -0.05) is 54.1 Å². The predicted octanol–water partition coefficient (Wildman–Crippen LogP) is 5.58. The van der Waals surface area contributed by atoms with Gasteiger partial charge in [-0.05, 0) is 55.0 Å². The lowest BCUT2D eigenvalue weighted by atomic mass is 10.1. The summed E-state index contributed by atoms with van der Waals surface area (Å²) in [5, 5.41) is 1.41. The van der Waals surface area contributed by atoms with Crippen LogP contribution in [0.4, 0.5) is 5.13 Å². The Kier molecular flexibility index (Phi) is 6.18. The zero-order valence-electron chi connectivity index (χ0n) is 16.8. The molecule has 1 amide bonds. The molecular formula is C23H25ClN2O2S. The van der Waals surface area contributed by atoms with Crippen LogP contribution in [0.1, 0.15) is 36.5 Å². The zero-order chi connectivity index (χ0) is 20.4. The van der Waals surface area contributed by atoms with E-state index in [2.05, 4.69) is 19.1 Å². The quantitative estimate of drug-likeness (QED) is 0.515. The third kappa shape index (κ3) is 4.63. The van der Waals surface area contributed by atoms with Crippen LogP contribution in [-0.2, 0) is 22.4 Å². The van der Waals surface area contributed by atoms with Crippen molar-refractivity contribution in [3.63, 3.8) is 0 Å². The Labute approximate surface area is 180 Å². The third-order valence-corrected chi connectivity index (χ3v) is 6.61. The minimum atomic E-state index is 0.0487. The number of hydrogen-bond donors (Lipinski definition) is 0. The van der Waals surface area contributed by atoms with Crippen molar-refractivity contribution in [1.82, 2.24) is 4.98 Å². The summed E-state index contributed by atoms with van der Waals surface area (Å²) in [7, 11) is 0. The van der Waals surface area contributed by atoms with Crippen molar-refractivity contribution in [3.8, 4) is 0 Å². The number of aryl methyl sites for hydroxylation is 2. The van der Waals surface area contributed by atoms with Crippen molar-refractivity contribution < 1.29 is 9.53 Å². The largest absolute Gasteiger partial charge is 0.376 e. The molecule has 2 aromatic carbocycles. The number of thiazole rings is 1. The lowest BCUT2D eigenvalue weighted by Crippen LogP contribution is -2.38. The molecule has 1 aliphatic rings. The van der Waals surface area contributed by atoms with Gasteiger partial charge in [-0.25, -0.2) is 4.98 Å². The predicted molar refractivity (Wildman–Crippen MR) is 120 cm³/mol. The Bertz CT molecular complexity index is 1010. The van der Waals surface area contributed by atoms with E-state index in [0.29, 0.717) is 18.0 Å². The molecule has 6 heteroatoms. The molecule has 152 valence electrons. The average molecular weight is 429 g/mol. The van der Waals surface area contributed by atoms with Gasteiger partial charge in [0.05, 0.1) is 29.3 Å². The summed E-state index contributed by atoms with van der Waals surface area (Å²) in [6, 6.07) is 12.1. The number of ether oxygens (including phenoxy) is 1. The molecule has 1 fully saturated rings. The molecule has 1 saturated heterocycles. The third-order valence-electron chi connectivity index (χ3n) is 5.37. The summed E-state index contributed by atoms with van der Waals surface area (Å²) in [6.45, 7) is 5.43. The van der Waals surface area contributed by atoms with E-state index in [1.54, 1.807) is 0 Å². The van der Waals surface area contributed by atoms with Crippen LogP contribution in [0.15, 0.2) is 36.4 Å². The Hall–Kier alpha value is -1.95. The summed E-state index contributed by atoms with van der Waals surface area (Å²) in [5.41, 5.74) is 4.22. The van der Waals surface area contributed by atoms with Gasteiger partial charge in [0.1, 0.15) is 0 Å². The van der Waals surface area contributed by atoms with Gasteiger partial charge in [0.25, 0.3) is 0 Å². The number of nitrogens with zero attached hydrogens (tertiary/aromatic N) is 2. The van der Waals surface area contributed by atoms with Crippen LogP contribution in [0, 0.1) is 6.92 Å². The van der Waals surface area contributed by atoms with Crippen LogP contribution >= 0.6 is 22.9 Å². The maximum atomic E-state index is 13.3. The number of hydrogen-bond acceptors (Lipinski definition) is 4. The molecule has 0 spiro atoms. The number of fused-ring (bicyclic) bond motifs is 1. The summed E-state index contributed by atoms with van der Waals surface area (Å²) >= 11 is 7.74. The molecule has 0 radical (unpaired) electrons. The van der Waals surface area contributed by atoms with E-state index in [1.165, 1.54) is 16.9 Å². The Morgan fingerprint density at radius 3 is 2.72 bits per heavy atom. The van der Waals surface area contributed by atoms with E-state index in [4.69, 9.17) is 21.3 Å². The minimum Gasteiger partial charge on any atom is -0.376 e. The number of carbonyl (C=O) groups is 1. The first-order valence-corrected chi connectivity index (χ1v) is 11.3. The molecule has 0 N–H and O–H groups in total. The maximum Gasteiger partial charge on any atom is 0.233 e. The van der Waals surface area contributed by atoms with Gasteiger partial charge in [0.2, 0.25) is 5.91 Å². The molecule has 3 aromatic rings. The standard InChI is InChI=1S/C23H25ClN2O2S/c1-3-16-6-8-17(9-7-16)12-21(27)26(14-19-5-4-10-28-19)23-25-22-15(2)11-18(24)13-20(22)29-23/h6-9,11,13,19H,3-5,10,12,14H2,1-2H3. The number of halogens is 1. The van der Waals surface area contributed by atoms with Crippen LogP contribution in [0.3, 0.4) is 0 Å². The van der Waals surface area contributed by atoms with E-state index in [0.717, 1.165) is 52.3 Å². The second kappa shape index (κ2) is 8.82. The van der Waals surface area contributed by atoms with Crippen molar-refractivity contribution in [3.05, 3.63) is 58.1 Å².